The van der Waals surface area contributed by atoms with Gasteiger partial charge in [0.25, 0.3) is 5.69 Å². The molecule has 9 nitrogen and oxygen atoms in total. The molecule has 0 saturated heterocycles. The van der Waals surface area contributed by atoms with E-state index in [-0.39, 0.29) is 27.0 Å². The molecule has 0 saturated carbocycles. The van der Waals surface area contributed by atoms with E-state index in [1.807, 2.05) is 0 Å². The monoisotopic (exact) mass is 357 g/mol. The van der Waals surface area contributed by atoms with Crippen molar-refractivity contribution in [2.24, 2.45) is 0 Å². The van der Waals surface area contributed by atoms with Gasteiger partial charge in [0.1, 0.15) is 10.6 Å². The fourth-order valence-corrected chi connectivity index (χ4v) is 4.06. The van der Waals surface area contributed by atoms with E-state index in [0.29, 0.717) is 11.3 Å². The van der Waals surface area contributed by atoms with Crippen molar-refractivity contribution >= 4 is 38.1 Å². The van der Waals surface area contributed by atoms with E-state index in [4.69, 9.17) is 5.11 Å². The van der Waals surface area contributed by atoms with Gasteiger partial charge in [0.2, 0.25) is 10.0 Å². The summed E-state index contributed by atoms with van der Waals surface area (Å²) < 4.78 is 26.4. The Balaban J connectivity index is 2.25. The van der Waals surface area contributed by atoms with Crippen molar-refractivity contribution in [3.8, 4) is 0 Å². The highest BCUT2D eigenvalue weighted by atomic mass is 32.2. The zero-order valence-electron chi connectivity index (χ0n) is 11.7. The van der Waals surface area contributed by atoms with E-state index in [2.05, 4.69) is 9.71 Å². The predicted molar refractivity (Wildman–Crippen MR) is 83.2 cm³/mol. The van der Waals surface area contributed by atoms with Crippen molar-refractivity contribution in [3.63, 3.8) is 0 Å². The highest BCUT2D eigenvalue weighted by Crippen LogP contribution is 2.25. The Morgan fingerprint density at radius 3 is 2.65 bits per heavy atom. The second-order valence-electron chi connectivity index (χ2n) is 4.49. The smallest absolute Gasteiger partial charge is 0.347 e. The summed E-state index contributed by atoms with van der Waals surface area (Å²) in [7, 11) is -3.97. The Hall–Kier alpha value is -2.53. The van der Waals surface area contributed by atoms with Gasteiger partial charge in [0.15, 0.2) is 5.13 Å². The molecule has 1 aromatic carbocycles. The first-order valence-corrected chi connectivity index (χ1v) is 8.60. The normalized spacial score (nSPS) is 11.2. The van der Waals surface area contributed by atoms with E-state index in [1.165, 1.54) is 31.2 Å². The number of nitrogens with one attached hydrogen (secondary N) is 1. The number of hydrogen-bond acceptors (Lipinski definition) is 7. The van der Waals surface area contributed by atoms with Crippen LogP contribution in [0.25, 0.3) is 0 Å². The number of carboxylic acids is 1. The molecule has 0 bridgehead atoms. The van der Waals surface area contributed by atoms with Crippen molar-refractivity contribution in [2.75, 3.05) is 4.72 Å². The lowest BCUT2D eigenvalue weighted by Crippen LogP contribution is -2.15. The van der Waals surface area contributed by atoms with Crippen LogP contribution in [0.1, 0.15) is 20.9 Å². The number of sulfonamides is 1. The molecule has 0 aliphatic carbocycles. The van der Waals surface area contributed by atoms with Gasteiger partial charge in [-0.25, -0.2) is 18.2 Å². The number of benzene rings is 1. The minimum atomic E-state index is -3.97. The Kier molecular flexibility index (Phi) is 4.61. The van der Waals surface area contributed by atoms with Gasteiger partial charge in [0, 0.05) is 11.6 Å². The number of aryl methyl sites for hydroxylation is 1. The number of aromatic carboxylic acids is 1. The number of carbonyl (C=O) groups is 1. The van der Waals surface area contributed by atoms with Gasteiger partial charge >= 0.3 is 5.97 Å². The Bertz CT molecular complexity index is 875. The van der Waals surface area contributed by atoms with Crippen LogP contribution >= 0.6 is 11.3 Å². The lowest BCUT2D eigenvalue weighted by molar-refractivity contribution is -0.385. The minimum absolute atomic E-state index is 0.0248. The number of carboxylic acid groups (broad SMARTS) is 1. The van der Waals surface area contributed by atoms with Crippen LogP contribution in [0, 0.1) is 17.0 Å². The van der Waals surface area contributed by atoms with Crippen molar-refractivity contribution in [2.45, 2.75) is 12.7 Å². The highest BCUT2D eigenvalue weighted by molar-refractivity contribution is 7.92. The number of anilines is 1. The van der Waals surface area contributed by atoms with Crippen LogP contribution in [-0.4, -0.2) is 29.4 Å². The maximum absolute atomic E-state index is 12.1. The first-order chi connectivity index (χ1) is 10.7. The maximum atomic E-state index is 12.1. The molecule has 0 radical (unpaired) electrons. The Labute approximate surface area is 134 Å². The van der Waals surface area contributed by atoms with E-state index >= 15 is 0 Å². The van der Waals surface area contributed by atoms with Gasteiger partial charge in [-0.1, -0.05) is 29.5 Å². The number of nitro groups is 1. The number of rotatable bonds is 6. The van der Waals surface area contributed by atoms with Gasteiger partial charge in [0.05, 0.1) is 10.6 Å². The summed E-state index contributed by atoms with van der Waals surface area (Å²) in [5.41, 5.74) is -0.0953. The molecule has 0 unspecified atom stereocenters. The van der Waals surface area contributed by atoms with Crippen LogP contribution in [0.2, 0.25) is 0 Å². The quantitative estimate of drug-likeness (QED) is 0.595. The number of para-hydroxylation sites is 1. The van der Waals surface area contributed by atoms with Crippen LogP contribution in [-0.2, 0) is 15.8 Å². The third-order valence-corrected chi connectivity index (χ3v) is 5.15. The van der Waals surface area contributed by atoms with Gasteiger partial charge in [-0.2, -0.15) is 0 Å². The second kappa shape index (κ2) is 6.30. The number of nitro benzene ring substituents is 1. The van der Waals surface area contributed by atoms with E-state index < -0.39 is 26.7 Å². The third kappa shape index (κ3) is 4.02. The van der Waals surface area contributed by atoms with Crippen molar-refractivity contribution in [1.29, 1.82) is 0 Å². The topological polar surface area (TPSA) is 140 Å². The Morgan fingerprint density at radius 1 is 1.43 bits per heavy atom. The van der Waals surface area contributed by atoms with E-state index in [9.17, 15) is 23.3 Å². The standard InChI is InChI=1S/C12H11N3O6S2/c1-7-10(11(16)17)22-12(13-7)14-23(20,21)6-8-4-2-3-5-9(8)15(18)19/h2-5H,6H2,1H3,(H,13,14)(H,16,17). The summed E-state index contributed by atoms with van der Waals surface area (Å²) in [5.74, 6) is -1.82. The molecule has 23 heavy (non-hydrogen) atoms. The van der Waals surface area contributed by atoms with Crippen LogP contribution < -0.4 is 4.72 Å². The molecule has 1 aromatic heterocycles. The molecule has 1 heterocycles. The molecule has 0 aliphatic heterocycles. The molecule has 0 atom stereocenters. The first kappa shape index (κ1) is 16.8. The van der Waals surface area contributed by atoms with Gasteiger partial charge in [-0.15, -0.1) is 0 Å². The molecule has 2 rings (SSSR count). The van der Waals surface area contributed by atoms with Gasteiger partial charge in [-0.05, 0) is 6.92 Å². The van der Waals surface area contributed by atoms with Gasteiger partial charge in [-0.3, -0.25) is 14.8 Å². The fraction of sp³-hybridized carbons (Fsp3) is 0.167. The van der Waals surface area contributed by atoms with Crippen LogP contribution in [0.3, 0.4) is 0 Å². The number of hydrogen-bond donors (Lipinski definition) is 2. The van der Waals surface area contributed by atoms with Gasteiger partial charge < -0.3 is 5.11 Å². The van der Waals surface area contributed by atoms with Crippen LogP contribution in [0.15, 0.2) is 24.3 Å². The molecule has 0 spiro atoms. The summed E-state index contributed by atoms with van der Waals surface area (Å²) in [6.45, 7) is 1.44. The minimum Gasteiger partial charge on any atom is -0.477 e. The fourth-order valence-electron chi connectivity index (χ4n) is 1.82. The zero-order chi connectivity index (χ0) is 17.2. The molecule has 122 valence electrons. The lowest BCUT2D eigenvalue weighted by atomic mass is 10.2. The number of thiazole rings is 1. The van der Waals surface area contributed by atoms with Crippen LogP contribution in [0.4, 0.5) is 10.8 Å². The zero-order valence-corrected chi connectivity index (χ0v) is 13.3. The second-order valence-corrected chi connectivity index (χ2v) is 7.21. The molecule has 0 amide bonds. The lowest BCUT2D eigenvalue weighted by Gasteiger charge is -2.05. The van der Waals surface area contributed by atoms with Crippen molar-refractivity contribution < 1.29 is 23.2 Å². The van der Waals surface area contributed by atoms with Crippen molar-refractivity contribution in [1.82, 2.24) is 4.98 Å². The molecule has 0 fully saturated rings. The van der Waals surface area contributed by atoms with Crippen molar-refractivity contribution in [3.05, 3.63) is 50.5 Å². The molecular weight excluding hydrogens is 346 g/mol. The molecule has 0 aliphatic rings. The van der Waals surface area contributed by atoms with E-state index in [0.717, 1.165) is 0 Å². The van der Waals surface area contributed by atoms with E-state index in [1.54, 1.807) is 0 Å². The first-order valence-electron chi connectivity index (χ1n) is 6.13. The predicted octanol–water partition coefficient (Wildman–Crippen LogP) is 2.00. The highest BCUT2D eigenvalue weighted by Gasteiger charge is 2.22. The summed E-state index contributed by atoms with van der Waals surface area (Å²) in [6.07, 6.45) is 0. The Morgan fingerprint density at radius 2 is 2.09 bits per heavy atom. The summed E-state index contributed by atoms with van der Waals surface area (Å²) in [4.78, 5) is 24.9. The average Bonchev–Trinajstić information content (AvgIpc) is 2.78. The summed E-state index contributed by atoms with van der Waals surface area (Å²) in [6, 6.07) is 5.48. The molecule has 2 aromatic rings. The van der Waals surface area contributed by atoms with Crippen LogP contribution in [0.5, 0.6) is 0 Å². The average molecular weight is 357 g/mol. The molecule has 2 N–H and O–H groups in total. The summed E-state index contributed by atoms with van der Waals surface area (Å²) >= 11 is 0.681. The maximum Gasteiger partial charge on any atom is 0.347 e. The molecular formula is C12H11N3O6S2. The molecule has 11 heteroatoms. The largest absolute Gasteiger partial charge is 0.477 e. The number of aromatic nitrogens is 1. The SMILES string of the molecule is Cc1nc(NS(=O)(=O)Cc2ccccc2[N+](=O)[O-])sc1C(=O)O. The summed E-state index contributed by atoms with van der Waals surface area (Å²) in [5, 5.41) is 19.7. The third-order valence-electron chi connectivity index (χ3n) is 2.77. The number of nitrogens with zero attached hydrogens (tertiary/aromatic N) is 2.